The number of hydrogen-bond acceptors (Lipinski definition) is 2. The second-order valence-corrected chi connectivity index (χ2v) is 5.80. The molecule has 21 heavy (non-hydrogen) atoms. The van der Waals surface area contributed by atoms with Gasteiger partial charge in [-0.1, -0.05) is 67.9 Å². The van der Waals surface area contributed by atoms with Crippen LogP contribution in [0, 0.1) is 0 Å². The molecule has 2 nitrogen and oxygen atoms in total. The van der Waals surface area contributed by atoms with Gasteiger partial charge in [0.1, 0.15) is 0 Å². The van der Waals surface area contributed by atoms with Crippen LogP contribution in [0.2, 0.25) is 5.02 Å². The van der Waals surface area contributed by atoms with Gasteiger partial charge in [0, 0.05) is 17.6 Å². The van der Waals surface area contributed by atoms with Crippen LogP contribution in [-0.2, 0) is 24.5 Å². The van der Waals surface area contributed by atoms with Crippen LogP contribution in [0.3, 0.4) is 0 Å². The van der Waals surface area contributed by atoms with E-state index in [1.807, 2.05) is 30.3 Å². The molecule has 1 N–H and O–H groups in total. The number of nitrogens with one attached hydrogen (secondary N) is 1. The number of halogens is 1. The predicted octanol–water partition coefficient (Wildman–Crippen LogP) is 4.55. The fraction of sp³-hybridized carbons (Fsp3) is 0.333. The highest BCUT2D eigenvalue weighted by atomic mass is 35.5. The Morgan fingerprint density at radius 3 is 2.14 bits per heavy atom. The summed E-state index contributed by atoms with van der Waals surface area (Å²) < 4.78 is 5.82. The summed E-state index contributed by atoms with van der Waals surface area (Å²) in [6.45, 7) is 6.29. The smallest absolute Gasteiger partial charge is 0.0735 e. The van der Waals surface area contributed by atoms with E-state index in [0.717, 1.165) is 17.1 Å². The molecule has 0 unspecified atom stereocenters. The Bertz CT molecular complexity index is 569. The first-order valence-electron chi connectivity index (χ1n) is 7.28. The van der Waals surface area contributed by atoms with Gasteiger partial charge in [-0.25, -0.2) is 0 Å². The van der Waals surface area contributed by atoms with Crippen LogP contribution in [0.1, 0.15) is 30.5 Å². The van der Waals surface area contributed by atoms with Crippen molar-refractivity contribution in [3.05, 3.63) is 70.2 Å². The fourth-order valence-electron chi connectivity index (χ4n) is 2.07. The van der Waals surface area contributed by atoms with E-state index in [-0.39, 0.29) is 0 Å². The molecule has 0 aliphatic carbocycles. The lowest BCUT2D eigenvalue weighted by Crippen LogP contribution is -2.22. The first-order chi connectivity index (χ1) is 10.2. The maximum Gasteiger partial charge on any atom is 0.0735 e. The summed E-state index contributed by atoms with van der Waals surface area (Å²) in [4.78, 5) is 0. The molecule has 0 atom stereocenters. The molecule has 2 aromatic carbocycles. The minimum absolute atomic E-state index is 0.474. The third-order valence-corrected chi connectivity index (χ3v) is 3.66. The van der Waals surface area contributed by atoms with Crippen molar-refractivity contribution >= 4 is 11.6 Å². The SMILES string of the molecule is CC(C)NCc1ccccc1COCc1ccccc1Cl. The highest BCUT2D eigenvalue weighted by Crippen LogP contribution is 2.17. The van der Waals surface area contributed by atoms with E-state index in [1.165, 1.54) is 11.1 Å². The minimum atomic E-state index is 0.474. The van der Waals surface area contributed by atoms with Gasteiger partial charge in [-0.05, 0) is 22.8 Å². The standard InChI is InChI=1S/C18H22ClNO/c1-14(2)20-11-15-7-3-4-8-16(15)12-21-13-17-9-5-6-10-18(17)19/h3-10,14,20H,11-13H2,1-2H3. The zero-order valence-corrected chi connectivity index (χ0v) is 13.4. The van der Waals surface area contributed by atoms with E-state index >= 15 is 0 Å². The van der Waals surface area contributed by atoms with Crippen LogP contribution < -0.4 is 5.32 Å². The first kappa shape index (κ1) is 16.0. The average molecular weight is 304 g/mol. The molecule has 2 aromatic rings. The Balaban J connectivity index is 1.92. The van der Waals surface area contributed by atoms with Crippen LogP contribution in [0.25, 0.3) is 0 Å². The van der Waals surface area contributed by atoms with Crippen LogP contribution in [-0.4, -0.2) is 6.04 Å². The van der Waals surface area contributed by atoms with E-state index in [9.17, 15) is 0 Å². The Kier molecular flexibility index (Phi) is 6.24. The molecule has 0 aromatic heterocycles. The van der Waals surface area contributed by atoms with E-state index < -0.39 is 0 Å². The zero-order valence-electron chi connectivity index (χ0n) is 12.6. The van der Waals surface area contributed by atoms with E-state index in [4.69, 9.17) is 16.3 Å². The van der Waals surface area contributed by atoms with Gasteiger partial charge < -0.3 is 10.1 Å². The van der Waals surface area contributed by atoms with Crippen molar-refractivity contribution < 1.29 is 4.74 Å². The number of rotatable bonds is 7. The van der Waals surface area contributed by atoms with Crippen molar-refractivity contribution in [2.75, 3.05) is 0 Å². The van der Waals surface area contributed by atoms with E-state index in [0.29, 0.717) is 19.3 Å². The lowest BCUT2D eigenvalue weighted by atomic mass is 10.1. The van der Waals surface area contributed by atoms with Crippen molar-refractivity contribution in [2.24, 2.45) is 0 Å². The van der Waals surface area contributed by atoms with Gasteiger partial charge in [-0.2, -0.15) is 0 Å². The molecule has 0 amide bonds. The van der Waals surface area contributed by atoms with Gasteiger partial charge in [0.15, 0.2) is 0 Å². The number of ether oxygens (including phenoxy) is 1. The Labute approximate surface area is 132 Å². The van der Waals surface area contributed by atoms with Gasteiger partial charge in [0.05, 0.1) is 13.2 Å². The van der Waals surface area contributed by atoms with Gasteiger partial charge in [0.25, 0.3) is 0 Å². The van der Waals surface area contributed by atoms with Crippen molar-refractivity contribution in [1.82, 2.24) is 5.32 Å². The van der Waals surface area contributed by atoms with Gasteiger partial charge in [-0.15, -0.1) is 0 Å². The number of hydrogen-bond donors (Lipinski definition) is 1. The van der Waals surface area contributed by atoms with E-state index in [1.54, 1.807) is 0 Å². The third-order valence-electron chi connectivity index (χ3n) is 3.29. The summed E-state index contributed by atoms with van der Waals surface area (Å²) in [7, 11) is 0. The fourth-order valence-corrected chi connectivity index (χ4v) is 2.26. The summed E-state index contributed by atoms with van der Waals surface area (Å²) in [5.41, 5.74) is 3.53. The van der Waals surface area contributed by atoms with Crippen molar-refractivity contribution in [2.45, 2.75) is 39.6 Å². The van der Waals surface area contributed by atoms with Crippen LogP contribution in [0.5, 0.6) is 0 Å². The Morgan fingerprint density at radius 1 is 0.905 bits per heavy atom. The molecular formula is C18H22ClNO. The highest BCUT2D eigenvalue weighted by molar-refractivity contribution is 6.31. The Morgan fingerprint density at radius 2 is 1.48 bits per heavy atom. The van der Waals surface area contributed by atoms with Gasteiger partial charge in [-0.3, -0.25) is 0 Å². The molecule has 0 saturated heterocycles. The van der Waals surface area contributed by atoms with Crippen LogP contribution in [0.15, 0.2) is 48.5 Å². The lowest BCUT2D eigenvalue weighted by Gasteiger charge is -2.13. The molecule has 0 fully saturated rings. The molecular weight excluding hydrogens is 282 g/mol. The van der Waals surface area contributed by atoms with Gasteiger partial charge >= 0.3 is 0 Å². The molecule has 0 radical (unpaired) electrons. The summed E-state index contributed by atoms with van der Waals surface area (Å²) in [5, 5.41) is 4.20. The molecule has 2 rings (SSSR count). The maximum atomic E-state index is 6.13. The maximum absolute atomic E-state index is 6.13. The molecule has 0 bridgehead atoms. The van der Waals surface area contributed by atoms with Crippen molar-refractivity contribution in [3.8, 4) is 0 Å². The predicted molar refractivity (Wildman–Crippen MR) is 88.4 cm³/mol. The molecule has 0 aliphatic rings. The largest absolute Gasteiger partial charge is 0.372 e. The second-order valence-electron chi connectivity index (χ2n) is 5.39. The normalized spacial score (nSPS) is 11.0. The second kappa shape index (κ2) is 8.18. The summed E-state index contributed by atoms with van der Waals surface area (Å²) in [5.74, 6) is 0. The summed E-state index contributed by atoms with van der Waals surface area (Å²) in [6, 6.07) is 16.6. The molecule has 0 spiro atoms. The molecule has 112 valence electrons. The monoisotopic (exact) mass is 303 g/mol. The molecule has 0 saturated carbocycles. The Hall–Kier alpha value is -1.35. The highest BCUT2D eigenvalue weighted by Gasteiger charge is 2.04. The van der Waals surface area contributed by atoms with E-state index in [2.05, 4.69) is 37.4 Å². The molecule has 0 aliphatic heterocycles. The third kappa shape index (κ3) is 5.16. The zero-order chi connectivity index (χ0) is 15.1. The van der Waals surface area contributed by atoms with Crippen molar-refractivity contribution in [3.63, 3.8) is 0 Å². The van der Waals surface area contributed by atoms with Gasteiger partial charge in [0.2, 0.25) is 0 Å². The summed E-state index contributed by atoms with van der Waals surface area (Å²) in [6.07, 6.45) is 0. The molecule has 3 heteroatoms. The van der Waals surface area contributed by atoms with Crippen molar-refractivity contribution in [1.29, 1.82) is 0 Å². The first-order valence-corrected chi connectivity index (χ1v) is 7.66. The number of benzene rings is 2. The topological polar surface area (TPSA) is 21.3 Å². The average Bonchev–Trinajstić information content (AvgIpc) is 2.48. The lowest BCUT2D eigenvalue weighted by molar-refractivity contribution is 0.106. The minimum Gasteiger partial charge on any atom is -0.372 e. The summed E-state index contributed by atoms with van der Waals surface area (Å²) >= 11 is 6.13. The quantitative estimate of drug-likeness (QED) is 0.810. The van der Waals surface area contributed by atoms with Crippen LogP contribution in [0.4, 0.5) is 0 Å². The molecule has 0 heterocycles. The van der Waals surface area contributed by atoms with Crippen LogP contribution >= 0.6 is 11.6 Å².